The van der Waals surface area contributed by atoms with E-state index in [2.05, 4.69) is 11.5 Å². The van der Waals surface area contributed by atoms with Crippen LogP contribution >= 0.6 is 11.8 Å². The third kappa shape index (κ3) is 5.96. The number of piperidine rings is 1. The molecule has 2 atom stereocenters. The SMILES string of the molecule is COC(=O)c1ccc(CSc2nc3cc(S(=O)(=O)N4CCC[C@@H](C)C4)ccc3n2C[C@H]2CCCO2)c(OC)c1. The molecule has 0 saturated carbocycles. The first-order valence-electron chi connectivity index (χ1n) is 13.3. The second-order valence-electron chi connectivity index (χ2n) is 10.2. The molecule has 0 spiro atoms. The van der Waals surface area contributed by atoms with E-state index in [-0.39, 0.29) is 11.0 Å². The van der Waals surface area contributed by atoms with E-state index in [9.17, 15) is 13.2 Å². The third-order valence-corrected chi connectivity index (χ3v) is 10.3. The molecule has 39 heavy (non-hydrogen) atoms. The van der Waals surface area contributed by atoms with Crippen LogP contribution in [0.15, 0.2) is 46.5 Å². The van der Waals surface area contributed by atoms with E-state index < -0.39 is 16.0 Å². The highest BCUT2D eigenvalue weighted by Crippen LogP contribution is 2.33. The van der Waals surface area contributed by atoms with E-state index in [4.69, 9.17) is 19.2 Å². The topological polar surface area (TPSA) is 100.0 Å². The average Bonchev–Trinajstić information content (AvgIpc) is 3.59. The van der Waals surface area contributed by atoms with Crippen LogP contribution in [0.2, 0.25) is 0 Å². The summed E-state index contributed by atoms with van der Waals surface area (Å²) in [7, 11) is -0.672. The number of fused-ring (bicyclic) bond motifs is 1. The summed E-state index contributed by atoms with van der Waals surface area (Å²) in [4.78, 5) is 17.1. The summed E-state index contributed by atoms with van der Waals surface area (Å²) in [5, 5.41) is 0.778. The lowest BCUT2D eigenvalue weighted by Crippen LogP contribution is -2.39. The van der Waals surface area contributed by atoms with Crippen molar-refractivity contribution in [2.24, 2.45) is 5.92 Å². The standard InChI is InChI=1S/C28H35N3O6S2/c1-19-6-4-12-30(16-19)39(33,34)23-10-11-25-24(15-23)29-28(31(25)17-22-7-5-13-37-22)38-18-21-9-8-20(27(32)36-3)14-26(21)35-2/h8-11,14-15,19,22H,4-7,12-13,16-18H2,1-3H3/t19-,22-/m1/s1. The molecule has 2 saturated heterocycles. The fourth-order valence-corrected chi connectivity index (χ4v) is 7.92. The Labute approximate surface area is 233 Å². The normalized spacial score (nSPS) is 20.4. The van der Waals surface area contributed by atoms with Gasteiger partial charge in [0.1, 0.15) is 5.75 Å². The number of methoxy groups -OCH3 is 2. The van der Waals surface area contributed by atoms with Crippen LogP contribution in [0.4, 0.5) is 0 Å². The Hall–Kier alpha value is -2.60. The van der Waals surface area contributed by atoms with Gasteiger partial charge in [-0.1, -0.05) is 24.8 Å². The molecule has 210 valence electrons. The summed E-state index contributed by atoms with van der Waals surface area (Å²) in [6.45, 7) is 4.59. The van der Waals surface area contributed by atoms with Crippen LogP contribution in [0.1, 0.15) is 48.5 Å². The molecule has 2 aliphatic rings. The molecule has 3 aromatic rings. The number of nitrogens with zero attached hydrogens (tertiary/aromatic N) is 3. The van der Waals surface area contributed by atoms with Gasteiger partial charge >= 0.3 is 5.97 Å². The number of hydrogen-bond donors (Lipinski definition) is 0. The predicted octanol–water partition coefficient (Wildman–Crippen LogP) is 4.72. The molecule has 0 amide bonds. The number of esters is 1. The van der Waals surface area contributed by atoms with Crippen molar-refractivity contribution in [2.45, 2.75) is 61.1 Å². The molecule has 2 fully saturated rings. The minimum absolute atomic E-state index is 0.0915. The largest absolute Gasteiger partial charge is 0.496 e. The van der Waals surface area contributed by atoms with Crippen molar-refractivity contribution in [1.29, 1.82) is 0 Å². The maximum absolute atomic E-state index is 13.4. The van der Waals surface area contributed by atoms with Crippen molar-refractivity contribution in [3.8, 4) is 5.75 Å². The van der Waals surface area contributed by atoms with Gasteiger partial charge in [-0.15, -0.1) is 0 Å². The molecule has 9 nitrogen and oxygen atoms in total. The molecule has 0 radical (unpaired) electrons. The Bertz CT molecular complexity index is 1450. The number of imidazole rings is 1. The molecule has 0 aliphatic carbocycles. The number of carbonyl (C=O) groups is 1. The Kier molecular flexibility index (Phi) is 8.51. The van der Waals surface area contributed by atoms with Gasteiger partial charge in [0.2, 0.25) is 10.0 Å². The van der Waals surface area contributed by atoms with E-state index in [0.29, 0.717) is 48.1 Å². The Balaban J connectivity index is 1.46. The van der Waals surface area contributed by atoms with Gasteiger partial charge in [0.05, 0.1) is 48.4 Å². The molecule has 2 aliphatic heterocycles. The lowest BCUT2D eigenvalue weighted by molar-refractivity contribution is 0.0600. The number of ether oxygens (including phenoxy) is 3. The van der Waals surface area contributed by atoms with Crippen LogP contribution in [0.5, 0.6) is 5.75 Å². The van der Waals surface area contributed by atoms with Crippen LogP contribution in [-0.2, 0) is 31.8 Å². The van der Waals surface area contributed by atoms with Gasteiger partial charge in [-0.3, -0.25) is 0 Å². The van der Waals surface area contributed by atoms with Crippen LogP contribution in [0.25, 0.3) is 11.0 Å². The lowest BCUT2D eigenvalue weighted by Gasteiger charge is -2.30. The summed E-state index contributed by atoms with van der Waals surface area (Å²) >= 11 is 1.54. The average molecular weight is 574 g/mol. The molecule has 0 N–H and O–H groups in total. The number of thioether (sulfide) groups is 1. The zero-order chi connectivity index (χ0) is 27.6. The highest BCUT2D eigenvalue weighted by atomic mass is 32.2. The molecule has 2 aromatic carbocycles. The Morgan fingerprint density at radius 1 is 1.15 bits per heavy atom. The summed E-state index contributed by atoms with van der Waals surface area (Å²) in [5.74, 6) is 1.08. The van der Waals surface area contributed by atoms with Crippen molar-refractivity contribution in [3.05, 3.63) is 47.5 Å². The maximum Gasteiger partial charge on any atom is 0.337 e. The zero-order valence-electron chi connectivity index (χ0n) is 22.6. The van der Waals surface area contributed by atoms with E-state index in [0.717, 1.165) is 48.5 Å². The zero-order valence-corrected chi connectivity index (χ0v) is 24.2. The quantitative estimate of drug-likeness (QED) is 0.268. The molecular weight excluding hydrogens is 538 g/mol. The van der Waals surface area contributed by atoms with Crippen LogP contribution in [0, 0.1) is 5.92 Å². The summed E-state index contributed by atoms with van der Waals surface area (Å²) in [5.41, 5.74) is 2.86. The van der Waals surface area contributed by atoms with Gasteiger partial charge in [0.15, 0.2) is 5.16 Å². The van der Waals surface area contributed by atoms with Gasteiger partial charge < -0.3 is 18.8 Å². The highest BCUT2D eigenvalue weighted by molar-refractivity contribution is 7.98. The van der Waals surface area contributed by atoms with Gasteiger partial charge in [0.25, 0.3) is 0 Å². The van der Waals surface area contributed by atoms with Crippen molar-refractivity contribution in [2.75, 3.05) is 33.9 Å². The third-order valence-electron chi connectivity index (χ3n) is 7.42. The molecule has 5 rings (SSSR count). The van der Waals surface area contributed by atoms with Gasteiger partial charge in [-0.2, -0.15) is 4.31 Å². The van der Waals surface area contributed by atoms with Crippen LogP contribution in [-0.4, -0.2) is 68.3 Å². The molecule has 1 aromatic heterocycles. The summed E-state index contributed by atoms with van der Waals surface area (Å²) < 4.78 is 46.9. The summed E-state index contributed by atoms with van der Waals surface area (Å²) in [6, 6.07) is 10.5. The summed E-state index contributed by atoms with van der Waals surface area (Å²) in [6.07, 6.45) is 4.03. The first-order chi connectivity index (χ1) is 18.8. The fraction of sp³-hybridized carbons (Fsp3) is 0.500. The van der Waals surface area contributed by atoms with E-state index in [1.807, 2.05) is 12.1 Å². The molecule has 11 heteroatoms. The van der Waals surface area contributed by atoms with Crippen LogP contribution in [0.3, 0.4) is 0 Å². The van der Waals surface area contributed by atoms with Crippen molar-refractivity contribution in [1.82, 2.24) is 13.9 Å². The van der Waals surface area contributed by atoms with Crippen LogP contribution < -0.4 is 4.74 Å². The highest BCUT2D eigenvalue weighted by Gasteiger charge is 2.29. The van der Waals surface area contributed by atoms with E-state index in [1.54, 1.807) is 47.4 Å². The van der Waals surface area contributed by atoms with Gasteiger partial charge in [-0.05, 0) is 61.9 Å². The second kappa shape index (κ2) is 11.9. The molecular formula is C28H35N3O6S2. The molecule has 0 bridgehead atoms. The number of rotatable bonds is 9. The molecule has 3 heterocycles. The van der Waals surface area contributed by atoms with Crippen molar-refractivity contribution in [3.63, 3.8) is 0 Å². The minimum atomic E-state index is -3.59. The number of aromatic nitrogens is 2. The fourth-order valence-electron chi connectivity index (χ4n) is 5.29. The van der Waals surface area contributed by atoms with Crippen molar-refractivity contribution < 1.29 is 27.4 Å². The maximum atomic E-state index is 13.4. The van der Waals surface area contributed by atoms with Gasteiger partial charge in [-0.25, -0.2) is 18.2 Å². The minimum Gasteiger partial charge on any atom is -0.496 e. The molecule has 0 unspecified atom stereocenters. The number of sulfonamides is 1. The van der Waals surface area contributed by atoms with Crippen molar-refractivity contribution >= 4 is 38.8 Å². The monoisotopic (exact) mass is 573 g/mol. The Morgan fingerprint density at radius 3 is 2.72 bits per heavy atom. The number of carbonyl (C=O) groups excluding carboxylic acids is 1. The lowest BCUT2D eigenvalue weighted by atomic mass is 10.0. The number of benzene rings is 2. The van der Waals surface area contributed by atoms with E-state index in [1.165, 1.54) is 7.11 Å². The van der Waals surface area contributed by atoms with Gasteiger partial charge in [0, 0.05) is 31.0 Å². The van der Waals surface area contributed by atoms with E-state index >= 15 is 0 Å². The number of hydrogen-bond acceptors (Lipinski definition) is 8. The first kappa shape index (κ1) is 27.9. The Morgan fingerprint density at radius 2 is 2.00 bits per heavy atom. The predicted molar refractivity (Wildman–Crippen MR) is 150 cm³/mol. The first-order valence-corrected chi connectivity index (χ1v) is 15.7. The second-order valence-corrected chi connectivity index (χ2v) is 13.1. The smallest absolute Gasteiger partial charge is 0.337 e.